The molecule has 0 atom stereocenters. The Balaban J connectivity index is 0.000000341. The fourth-order valence-electron chi connectivity index (χ4n) is 6.70. The first-order chi connectivity index (χ1) is 26.4. The summed E-state index contributed by atoms with van der Waals surface area (Å²) in [5, 5.41) is 3.07. The average Bonchev–Trinajstić information content (AvgIpc) is 3.54. The highest BCUT2D eigenvalue weighted by molar-refractivity contribution is 6.00. The van der Waals surface area contributed by atoms with Crippen LogP contribution in [0, 0.1) is 20.8 Å². The molecule has 1 amide bonds. The molecule has 6 rings (SSSR count). The Morgan fingerprint density at radius 1 is 0.870 bits per heavy atom. The third kappa shape index (κ3) is 14.1. The van der Waals surface area contributed by atoms with Crippen molar-refractivity contribution in [3.63, 3.8) is 0 Å². The highest BCUT2D eigenvalue weighted by Crippen LogP contribution is 2.24. The quantitative estimate of drug-likeness (QED) is 0.138. The number of benzene rings is 3. The van der Waals surface area contributed by atoms with Crippen molar-refractivity contribution < 1.29 is 15.7 Å². The second-order valence-corrected chi connectivity index (χ2v) is 14.2. The van der Waals surface area contributed by atoms with Gasteiger partial charge in [0.15, 0.2) is 0 Å². The van der Waals surface area contributed by atoms with Crippen LogP contribution < -0.4 is 15.0 Å². The third-order valence-electron chi connectivity index (χ3n) is 9.74. The van der Waals surface area contributed by atoms with Crippen LogP contribution in [-0.4, -0.2) is 72.9 Å². The number of carbonyl (C=O) groups excluding carboxylic acids is 1. The van der Waals surface area contributed by atoms with Crippen LogP contribution in [0.25, 0.3) is 11.0 Å². The number of hydrogen-bond donors (Lipinski definition) is 1. The number of ether oxygens (including phenoxy) is 2. The monoisotopic (exact) mass is 744 g/mol. The first-order valence-electron chi connectivity index (χ1n) is 20.9. The number of unbranched alkanes of at least 4 members (excludes halogenated alkanes) is 3. The van der Waals surface area contributed by atoms with E-state index in [9.17, 15) is 4.79 Å². The zero-order chi connectivity index (χ0) is 39.1. The first kappa shape index (κ1) is 44.5. The molecule has 2 fully saturated rings. The first-order valence-corrected chi connectivity index (χ1v) is 20.9. The molecule has 1 N–H and O–H groups in total. The molecule has 0 bridgehead atoms. The molecule has 3 aromatic carbocycles. The summed E-state index contributed by atoms with van der Waals surface area (Å²) in [4.78, 5) is 22.2. The molecule has 3 heterocycles. The predicted octanol–water partition coefficient (Wildman–Crippen LogP) is 10.5. The predicted molar refractivity (Wildman–Crippen MR) is 230 cm³/mol. The Hall–Kier alpha value is -3.88. The van der Waals surface area contributed by atoms with Gasteiger partial charge in [-0.15, -0.1) is 0 Å². The largest absolute Gasteiger partial charge is 0.491 e. The maximum atomic E-state index is 12.5. The lowest BCUT2D eigenvalue weighted by molar-refractivity contribution is 0.0951. The van der Waals surface area contributed by atoms with E-state index in [1.807, 2.05) is 26.8 Å². The number of imidazole rings is 1. The summed E-state index contributed by atoms with van der Waals surface area (Å²) < 4.78 is 13.9. The number of rotatable bonds is 13. The van der Waals surface area contributed by atoms with Gasteiger partial charge in [0.25, 0.3) is 5.91 Å². The summed E-state index contributed by atoms with van der Waals surface area (Å²) in [6, 6.07) is 20.8. The van der Waals surface area contributed by atoms with E-state index in [1.54, 1.807) is 0 Å². The van der Waals surface area contributed by atoms with Crippen LogP contribution in [0.5, 0.6) is 5.75 Å². The van der Waals surface area contributed by atoms with Crippen molar-refractivity contribution in [2.24, 2.45) is 0 Å². The number of piperidine rings is 1. The van der Waals surface area contributed by atoms with Crippen LogP contribution in [0.1, 0.15) is 120 Å². The number of anilines is 1. The fourth-order valence-corrected chi connectivity index (χ4v) is 6.70. The minimum atomic E-state index is 0. The molecular formula is C46H73N5O3. The zero-order valence-electron chi connectivity index (χ0n) is 35.0. The highest BCUT2D eigenvalue weighted by atomic mass is 16.5. The van der Waals surface area contributed by atoms with Crippen LogP contribution in [-0.2, 0) is 17.8 Å². The molecule has 8 nitrogen and oxygen atoms in total. The number of amides is 1. The molecule has 300 valence electrons. The highest BCUT2D eigenvalue weighted by Gasteiger charge is 2.19. The number of likely N-dealkylation sites (tertiary alicyclic amines) is 1. The van der Waals surface area contributed by atoms with Crippen molar-refractivity contribution in [1.29, 1.82) is 0 Å². The van der Waals surface area contributed by atoms with Gasteiger partial charge in [0.2, 0.25) is 0 Å². The summed E-state index contributed by atoms with van der Waals surface area (Å²) >= 11 is 0. The molecule has 4 aromatic rings. The number of nitrogens with zero attached hydrogens (tertiary/aromatic N) is 4. The summed E-state index contributed by atoms with van der Waals surface area (Å²) in [5.41, 5.74) is 7.71. The number of hydrogen-bond acceptors (Lipinski definition) is 6. The van der Waals surface area contributed by atoms with Crippen molar-refractivity contribution >= 4 is 22.6 Å². The summed E-state index contributed by atoms with van der Waals surface area (Å²) in [6.45, 7) is 25.4. The maximum Gasteiger partial charge on any atom is 0.253 e. The second kappa shape index (κ2) is 25.2. The van der Waals surface area contributed by atoms with Gasteiger partial charge in [-0.25, -0.2) is 4.98 Å². The Labute approximate surface area is 329 Å². The van der Waals surface area contributed by atoms with Crippen LogP contribution in [0.15, 0.2) is 60.7 Å². The Morgan fingerprint density at radius 3 is 2.31 bits per heavy atom. The van der Waals surface area contributed by atoms with Crippen molar-refractivity contribution in [2.45, 2.75) is 120 Å². The third-order valence-corrected chi connectivity index (χ3v) is 9.74. The minimum absolute atomic E-state index is 0. The molecule has 1 aromatic heterocycles. The van der Waals surface area contributed by atoms with Gasteiger partial charge < -0.3 is 24.3 Å². The Bertz CT molecular complexity index is 1650. The van der Waals surface area contributed by atoms with Gasteiger partial charge in [0.1, 0.15) is 18.2 Å². The molecule has 0 aliphatic carbocycles. The topological polar surface area (TPSA) is 71.9 Å². The van der Waals surface area contributed by atoms with Crippen molar-refractivity contribution in [2.75, 3.05) is 57.4 Å². The molecule has 8 heteroatoms. The smallest absolute Gasteiger partial charge is 0.253 e. The molecule has 54 heavy (non-hydrogen) atoms. The van der Waals surface area contributed by atoms with Crippen molar-refractivity contribution in [3.05, 3.63) is 88.7 Å². The second-order valence-electron chi connectivity index (χ2n) is 14.2. The normalized spacial score (nSPS) is 14.2. The van der Waals surface area contributed by atoms with Crippen LogP contribution in [0.4, 0.5) is 5.69 Å². The molecule has 2 aliphatic heterocycles. The van der Waals surface area contributed by atoms with Gasteiger partial charge in [0, 0.05) is 26.7 Å². The molecule has 0 saturated carbocycles. The molecule has 2 saturated heterocycles. The number of nitrogens with one attached hydrogen (secondary N) is 1. The van der Waals surface area contributed by atoms with E-state index < -0.39 is 0 Å². The van der Waals surface area contributed by atoms with Crippen LogP contribution in [0.2, 0.25) is 0 Å². The van der Waals surface area contributed by atoms with Crippen LogP contribution >= 0.6 is 0 Å². The lowest BCUT2D eigenvalue weighted by Crippen LogP contribution is -2.38. The van der Waals surface area contributed by atoms with Crippen LogP contribution in [0.3, 0.4) is 0 Å². The van der Waals surface area contributed by atoms with Gasteiger partial charge in [-0.2, -0.15) is 0 Å². The summed E-state index contributed by atoms with van der Waals surface area (Å²) in [7, 11) is 0. The average molecular weight is 744 g/mol. The van der Waals surface area contributed by atoms with Gasteiger partial charge in [-0.3, -0.25) is 9.69 Å². The molecule has 0 unspecified atom stereocenters. The number of morpholine rings is 1. The van der Waals surface area contributed by atoms with Gasteiger partial charge in [0.05, 0.1) is 42.9 Å². The van der Waals surface area contributed by atoms with E-state index in [0.29, 0.717) is 6.61 Å². The van der Waals surface area contributed by atoms with E-state index >= 15 is 0 Å². The SMILES string of the molecule is CC.CCC.CCCCCCNC(=O)c1cc(C)ccc1N1CCOCC1.Cc1cccc(OCCn2c(CN3CCCCC3)nc3ccccc32)c1C.[HH]. The molecule has 0 spiro atoms. The molecule has 0 radical (unpaired) electrons. The number of para-hydroxylation sites is 2. The van der Waals surface area contributed by atoms with E-state index in [0.717, 1.165) is 86.3 Å². The Morgan fingerprint density at radius 2 is 1.59 bits per heavy atom. The number of carbonyl (C=O) groups is 1. The summed E-state index contributed by atoms with van der Waals surface area (Å²) in [6.07, 6.45) is 9.90. The lowest BCUT2D eigenvalue weighted by Gasteiger charge is -2.30. The Kier molecular flexibility index (Phi) is 20.8. The van der Waals surface area contributed by atoms with Gasteiger partial charge >= 0.3 is 0 Å². The molecular weight excluding hydrogens is 671 g/mol. The van der Waals surface area contributed by atoms with Crippen molar-refractivity contribution in [1.82, 2.24) is 19.8 Å². The van der Waals surface area contributed by atoms with Crippen molar-refractivity contribution in [3.8, 4) is 5.75 Å². The van der Waals surface area contributed by atoms with E-state index in [4.69, 9.17) is 14.5 Å². The van der Waals surface area contributed by atoms with E-state index in [-0.39, 0.29) is 7.33 Å². The van der Waals surface area contributed by atoms with E-state index in [2.05, 4.69) is 109 Å². The maximum absolute atomic E-state index is 12.5. The number of fused-ring (bicyclic) bond motifs is 1. The van der Waals surface area contributed by atoms with Gasteiger partial charge in [-0.1, -0.05) is 103 Å². The fraction of sp³-hybridized carbons (Fsp3) is 0.565. The zero-order valence-corrected chi connectivity index (χ0v) is 35.0. The minimum Gasteiger partial charge on any atom is -0.491 e. The molecule has 2 aliphatic rings. The summed E-state index contributed by atoms with van der Waals surface area (Å²) in [5.74, 6) is 2.18. The lowest BCUT2D eigenvalue weighted by atomic mass is 10.1. The van der Waals surface area contributed by atoms with E-state index in [1.165, 1.54) is 74.7 Å². The number of aryl methyl sites for hydroxylation is 2. The standard InChI is InChI=1S/C23H29N3O.C18H28N2O2.C3H8.C2H6.H2/c1-18-9-8-12-22(19(18)2)27-16-15-26-21-11-5-4-10-20(21)24-23(26)17-25-13-6-3-7-14-25;1-3-4-5-6-9-19-18(21)16-14-15(2)7-8-17(16)20-10-12-22-13-11-20;1-3-2;1-2;/h4-5,8-12H,3,6-7,13-17H2,1-2H3;7-8,14H,3-6,9-13H2,1-2H3,(H,19,21);3H2,1-2H3;1-2H3;1H. The number of aromatic nitrogens is 2. The van der Waals surface area contributed by atoms with Gasteiger partial charge in [-0.05, 0) is 94.6 Å².